The number of rotatable bonds is 4. The van der Waals surface area contributed by atoms with Gasteiger partial charge >= 0.3 is 0 Å². The van der Waals surface area contributed by atoms with E-state index in [1.54, 1.807) is 11.3 Å². The molecule has 0 saturated carbocycles. The van der Waals surface area contributed by atoms with Gasteiger partial charge in [0, 0.05) is 10.6 Å². The Hall–Kier alpha value is -1.13. The summed E-state index contributed by atoms with van der Waals surface area (Å²) < 4.78 is 1.05. The van der Waals surface area contributed by atoms with Crippen molar-refractivity contribution in [1.82, 2.24) is 0 Å². The maximum absolute atomic E-state index is 12.2. The SMILES string of the molecule is Cc1cccc(C(C)C)c1NC(=O)Cc1ccc(Br)s1. The predicted molar refractivity (Wildman–Crippen MR) is 89.6 cm³/mol. The van der Waals surface area contributed by atoms with Gasteiger partial charge in [0.25, 0.3) is 0 Å². The number of nitrogens with one attached hydrogen (secondary N) is 1. The van der Waals surface area contributed by atoms with Gasteiger partial charge in [0.15, 0.2) is 0 Å². The van der Waals surface area contributed by atoms with Crippen LogP contribution >= 0.6 is 27.3 Å². The van der Waals surface area contributed by atoms with E-state index in [9.17, 15) is 4.79 Å². The molecule has 1 amide bonds. The summed E-state index contributed by atoms with van der Waals surface area (Å²) in [6, 6.07) is 10.1. The van der Waals surface area contributed by atoms with E-state index in [0.717, 1.165) is 19.9 Å². The van der Waals surface area contributed by atoms with Crippen molar-refractivity contribution in [2.45, 2.75) is 33.1 Å². The molecule has 0 saturated heterocycles. The largest absolute Gasteiger partial charge is 0.325 e. The molecular weight excluding hydrogens is 334 g/mol. The van der Waals surface area contributed by atoms with Crippen LogP contribution in [0.4, 0.5) is 5.69 Å². The first-order valence-corrected chi connectivity index (χ1v) is 8.22. The minimum Gasteiger partial charge on any atom is -0.325 e. The van der Waals surface area contributed by atoms with Crippen molar-refractivity contribution in [2.75, 3.05) is 5.32 Å². The van der Waals surface area contributed by atoms with Crippen LogP contribution in [0.25, 0.3) is 0 Å². The fourth-order valence-corrected chi connectivity index (χ4v) is 3.61. The minimum atomic E-state index is 0.0375. The van der Waals surface area contributed by atoms with Gasteiger partial charge in [-0.15, -0.1) is 11.3 Å². The molecule has 0 fully saturated rings. The third-order valence-electron chi connectivity index (χ3n) is 3.16. The molecule has 1 heterocycles. The number of anilines is 1. The lowest BCUT2D eigenvalue weighted by molar-refractivity contribution is -0.115. The molecule has 0 unspecified atom stereocenters. The first-order chi connectivity index (χ1) is 9.47. The first kappa shape index (κ1) is 15.3. The van der Waals surface area contributed by atoms with Crippen LogP contribution in [-0.4, -0.2) is 5.91 Å². The summed E-state index contributed by atoms with van der Waals surface area (Å²) in [5, 5.41) is 3.07. The van der Waals surface area contributed by atoms with E-state index in [1.165, 1.54) is 5.56 Å². The van der Waals surface area contributed by atoms with E-state index < -0.39 is 0 Å². The maximum Gasteiger partial charge on any atom is 0.229 e. The number of carbonyl (C=O) groups is 1. The van der Waals surface area contributed by atoms with Crippen molar-refractivity contribution < 1.29 is 4.79 Å². The van der Waals surface area contributed by atoms with E-state index in [1.807, 2.05) is 31.2 Å². The Morgan fingerprint density at radius 3 is 2.65 bits per heavy atom. The molecule has 1 aromatic carbocycles. The molecule has 0 atom stereocenters. The van der Waals surface area contributed by atoms with Crippen LogP contribution in [0.5, 0.6) is 0 Å². The molecule has 2 aromatic rings. The zero-order chi connectivity index (χ0) is 14.7. The third-order valence-corrected chi connectivity index (χ3v) is 4.78. The van der Waals surface area contributed by atoms with E-state index in [4.69, 9.17) is 0 Å². The molecule has 0 aliphatic rings. The summed E-state index contributed by atoms with van der Waals surface area (Å²) in [6.45, 7) is 6.31. The average Bonchev–Trinajstić information content (AvgIpc) is 2.77. The Morgan fingerprint density at radius 1 is 1.30 bits per heavy atom. The Kier molecular flexibility index (Phi) is 5.00. The number of carbonyl (C=O) groups excluding carboxylic acids is 1. The van der Waals surface area contributed by atoms with Gasteiger partial charge in [-0.05, 0) is 52.0 Å². The fourth-order valence-electron chi connectivity index (χ4n) is 2.13. The molecule has 20 heavy (non-hydrogen) atoms. The second kappa shape index (κ2) is 6.55. The van der Waals surface area contributed by atoms with Crippen molar-refractivity contribution in [2.24, 2.45) is 0 Å². The van der Waals surface area contributed by atoms with Gasteiger partial charge in [-0.3, -0.25) is 4.79 Å². The molecule has 2 nitrogen and oxygen atoms in total. The molecule has 0 radical (unpaired) electrons. The molecule has 2 rings (SSSR count). The second-order valence-electron chi connectivity index (χ2n) is 5.12. The van der Waals surface area contributed by atoms with Crippen molar-refractivity contribution in [3.63, 3.8) is 0 Å². The van der Waals surface area contributed by atoms with Crippen molar-refractivity contribution in [1.29, 1.82) is 0 Å². The molecular formula is C16H18BrNOS. The summed E-state index contributed by atoms with van der Waals surface area (Å²) >= 11 is 5.02. The molecule has 1 N–H and O–H groups in total. The van der Waals surface area contributed by atoms with E-state index in [0.29, 0.717) is 12.3 Å². The van der Waals surface area contributed by atoms with E-state index >= 15 is 0 Å². The van der Waals surface area contributed by atoms with Crippen LogP contribution in [0.3, 0.4) is 0 Å². The Bertz CT molecular complexity index is 619. The van der Waals surface area contributed by atoms with Crippen LogP contribution in [0, 0.1) is 6.92 Å². The zero-order valence-corrected chi connectivity index (χ0v) is 14.3. The smallest absolute Gasteiger partial charge is 0.229 e. The van der Waals surface area contributed by atoms with E-state index in [-0.39, 0.29) is 5.91 Å². The lowest BCUT2D eigenvalue weighted by Gasteiger charge is -2.16. The zero-order valence-electron chi connectivity index (χ0n) is 11.9. The topological polar surface area (TPSA) is 29.1 Å². The molecule has 0 aliphatic heterocycles. The predicted octanol–water partition coefficient (Wildman–Crippen LogP) is 5.12. The summed E-state index contributed by atoms with van der Waals surface area (Å²) in [5.41, 5.74) is 3.26. The van der Waals surface area contributed by atoms with Gasteiger partial charge in [-0.1, -0.05) is 32.0 Å². The highest BCUT2D eigenvalue weighted by Gasteiger charge is 2.13. The van der Waals surface area contributed by atoms with Gasteiger partial charge in [0.2, 0.25) is 5.91 Å². The fraction of sp³-hybridized carbons (Fsp3) is 0.312. The summed E-state index contributed by atoms with van der Waals surface area (Å²) in [6.07, 6.45) is 0.419. The number of halogens is 1. The number of hydrogen-bond donors (Lipinski definition) is 1. The second-order valence-corrected chi connectivity index (χ2v) is 7.67. The van der Waals surface area contributed by atoms with Crippen molar-refractivity contribution in [3.8, 4) is 0 Å². The Balaban J connectivity index is 2.15. The number of aryl methyl sites for hydroxylation is 1. The Labute approximate surface area is 132 Å². The first-order valence-electron chi connectivity index (χ1n) is 6.61. The lowest BCUT2D eigenvalue weighted by Crippen LogP contribution is -2.16. The number of amides is 1. The quantitative estimate of drug-likeness (QED) is 0.813. The number of hydrogen-bond acceptors (Lipinski definition) is 2. The molecule has 106 valence electrons. The molecule has 0 aliphatic carbocycles. The standard InChI is InChI=1S/C16H18BrNOS/c1-10(2)13-6-4-5-11(3)16(13)18-15(19)9-12-7-8-14(17)20-12/h4-8,10H,9H2,1-3H3,(H,18,19). The molecule has 1 aromatic heterocycles. The van der Waals surface area contributed by atoms with Gasteiger partial charge in [-0.25, -0.2) is 0 Å². The maximum atomic E-state index is 12.2. The normalized spacial score (nSPS) is 10.8. The van der Waals surface area contributed by atoms with Crippen molar-refractivity contribution in [3.05, 3.63) is 50.1 Å². The van der Waals surface area contributed by atoms with Crippen molar-refractivity contribution >= 4 is 38.9 Å². The van der Waals surface area contributed by atoms with Gasteiger partial charge in [-0.2, -0.15) is 0 Å². The number of para-hydroxylation sites is 1. The molecule has 0 bridgehead atoms. The van der Waals surface area contributed by atoms with Gasteiger partial charge in [0.05, 0.1) is 10.2 Å². The Morgan fingerprint density at radius 2 is 2.05 bits per heavy atom. The van der Waals surface area contributed by atoms with Crippen LogP contribution in [0.15, 0.2) is 34.1 Å². The number of benzene rings is 1. The number of thiophene rings is 1. The molecule has 4 heteroatoms. The van der Waals surface area contributed by atoms with Crippen LogP contribution in [0.2, 0.25) is 0 Å². The minimum absolute atomic E-state index is 0.0375. The highest BCUT2D eigenvalue weighted by atomic mass is 79.9. The summed E-state index contributed by atoms with van der Waals surface area (Å²) in [7, 11) is 0. The molecule has 0 spiro atoms. The average molecular weight is 352 g/mol. The van der Waals surface area contributed by atoms with Crippen LogP contribution in [0.1, 0.15) is 35.8 Å². The lowest BCUT2D eigenvalue weighted by atomic mass is 9.98. The van der Waals surface area contributed by atoms with Gasteiger partial charge < -0.3 is 5.32 Å². The van der Waals surface area contributed by atoms with Crippen LogP contribution < -0.4 is 5.32 Å². The van der Waals surface area contributed by atoms with E-state index in [2.05, 4.69) is 41.2 Å². The van der Waals surface area contributed by atoms with Crippen LogP contribution in [-0.2, 0) is 11.2 Å². The monoisotopic (exact) mass is 351 g/mol. The highest BCUT2D eigenvalue weighted by Crippen LogP contribution is 2.28. The highest BCUT2D eigenvalue weighted by molar-refractivity contribution is 9.11. The summed E-state index contributed by atoms with van der Waals surface area (Å²) in [4.78, 5) is 13.3. The van der Waals surface area contributed by atoms with Gasteiger partial charge in [0.1, 0.15) is 0 Å². The third kappa shape index (κ3) is 3.70. The summed E-state index contributed by atoms with van der Waals surface area (Å²) in [5.74, 6) is 0.427.